The molecule has 2 fully saturated rings. The Bertz CT molecular complexity index is 1220. The summed E-state index contributed by atoms with van der Waals surface area (Å²) in [6, 6.07) is 19.8. The number of hydrogen-bond acceptors (Lipinski definition) is 4. The molecule has 0 unspecified atom stereocenters. The lowest BCUT2D eigenvalue weighted by Gasteiger charge is -2.40. The summed E-state index contributed by atoms with van der Waals surface area (Å²) in [5.74, 6) is 0.0286. The van der Waals surface area contributed by atoms with Crippen molar-refractivity contribution in [1.82, 2.24) is 25.3 Å². The highest BCUT2D eigenvalue weighted by Gasteiger charge is 2.55. The Balaban J connectivity index is 1.56. The van der Waals surface area contributed by atoms with Crippen LogP contribution in [0, 0.1) is 19.8 Å². The lowest BCUT2D eigenvalue weighted by molar-refractivity contribution is -0.121. The SMILES string of the molecule is CC(=O)N[C@@]12CNCC[C@@H]1[C@@H](c1ccccc1)N(C(=O)c1cccc(-n3nc(C)cc3C)c1)C2. The monoisotopic (exact) mass is 457 g/mol. The first-order valence-corrected chi connectivity index (χ1v) is 11.9. The number of carbonyl (C=O) groups excluding carboxylic acids is 2. The zero-order valence-electron chi connectivity index (χ0n) is 19.9. The first-order valence-electron chi connectivity index (χ1n) is 11.9. The molecule has 0 spiro atoms. The second kappa shape index (κ2) is 8.72. The molecule has 1 aromatic heterocycles. The first-order chi connectivity index (χ1) is 16.4. The van der Waals surface area contributed by atoms with Gasteiger partial charge in [-0.15, -0.1) is 0 Å². The van der Waals surface area contributed by atoms with Crippen LogP contribution in [0.15, 0.2) is 60.7 Å². The molecule has 7 nitrogen and oxygen atoms in total. The lowest BCUT2D eigenvalue weighted by atomic mass is 9.76. The Morgan fingerprint density at radius 2 is 1.88 bits per heavy atom. The van der Waals surface area contributed by atoms with Crippen LogP contribution in [0.5, 0.6) is 0 Å². The van der Waals surface area contributed by atoms with Gasteiger partial charge in [-0.05, 0) is 56.6 Å². The maximum atomic E-state index is 14.0. The van der Waals surface area contributed by atoms with Crippen molar-refractivity contribution in [3.8, 4) is 5.69 Å². The minimum Gasteiger partial charge on any atom is -0.347 e. The van der Waals surface area contributed by atoms with Crippen LogP contribution in [0.25, 0.3) is 5.69 Å². The van der Waals surface area contributed by atoms with Gasteiger partial charge in [0.15, 0.2) is 0 Å². The summed E-state index contributed by atoms with van der Waals surface area (Å²) in [5.41, 5.74) is 4.05. The van der Waals surface area contributed by atoms with E-state index in [0.717, 1.165) is 35.6 Å². The smallest absolute Gasteiger partial charge is 0.254 e. The zero-order valence-corrected chi connectivity index (χ0v) is 19.9. The van der Waals surface area contributed by atoms with E-state index in [1.165, 1.54) is 0 Å². The number of hydrogen-bond donors (Lipinski definition) is 2. The highest BCUT2D eigenvalue weighted by Crippen LogP contribution is 2.46. The lowest BCUT2D eigenvalue weighted by Crippen LogP contribution is -2.62. The fourth-order valence-corrected chi connectivity index (χ4v) is 5.84. The Hall–Kier alpha value is -3.45. The number of piperidine rings is 1. The van der Waals surface area contributed by atoms with Crippen molar-refractivity contribution >= 4 is 11.8 Å². The molecule has 3 aromatic rings. The molecular weight excluding hydrogens is 426 g/mol. The predicted octanol–water partition coefficient (Wildman–Crippen LogP) is 3.17. The molecule has 2 aliphatic heterocycles. The third-order valence-corrected chi connectivity index (χ3v) is 7.13. The molecule has 3 atom stereocenters. The van der Waals surface area contributed by atoms with Crippen LogP contribution < -0.4 is 10.6 Å². The number of likely N-dealkylation sites (tertiary alicyclic amines) is 1. The molecule has 5 rings (SSSR count). The molecule has 0 saturated carbocycles. The van der Waals surface area contributed by atoms with Gasteiger partial charge in [-0.25, -0.2) is 4.68 Å². The average Bonchev–Trinajstić information content (AvgIpc) is 3.35. The van der Waals surface area contributed by atoms with Gasteiger partial charge in [0.1, 0.15) is 0 Å². The number of rotatable bonds is 4. The average molecular weight is 458 g/mol. The Labute approximate surface area is 200 Å². The van der Waals surface area contributed by atoms with E-state index in [4.69, 9.17) is 0 Å². The molecule has 2 aromatic carbocycles. The summed E-state index contributed by atoms with van der Waals surface area (Å²) in [6.45, 7) is 7.51. The highest BCUT2D eigenvalue weighted by atomic mass is 16.2. The molecule has 0 radical (unpaired) electrons. The number of fused-ring (bicyclic) bond motifs is 1. The van der Waals surface area contributed by atoms with Crippen LogP contribution in [0.4, 0.5) is 0 Å². The fourth-order valence-electron chi connectivity index (χ4n) is 5.84. The number of aromatic nitrogens is 2. The van der Waals surface area contributed by atoms with Crippen molar-refractivity contribution in [1.29, 1.82) is 0 Å². The summed E-state index contributed by atoms with van der Waals surface area (Å²) in [4.78, 5) is 28.2. The third kappa shape index (κ3) is 3.90. The Morgan fingerprint density at radius 3 is 2.59 bits per heavy atom. The fraction of sp³-hybridized carbons (Fsp3) is 0.370. The van der Waals surface area contributed by atoms with Crippen LogP contribution in [-0.4, -0.2) is 51.7 Å². The number of aryl methyl sites for hydroxylation is 2. The van der Waals surface area contributed by atoms with Gasteiger partial charge in [0.25, 0.3) is 5.91 Å². The van der Waals surface area contributed by atoms with E-state index in [9.17, 15) is 9.59 Å². The molecular formula is C27H31N5O2. The van der Waals surface area contributed by atoms with Crippen LogP contribution in [0.3, 0.4) is 0 Å². The number of benzene rings is 2. The van der Waals surface area contributed by atoms with E-state index in [2.05, 4.69) is 27.9 Å². The van der Waals surface area contributed by atoms with Gasteiger partial charge in [-0.1, -0.05) is 36.4 Å². The summed E-state index contributed by atoms with van der Waals surface area (Å²) in [7, 11) is 0. The van der Waals surface area contributed by atoms with Crippen molar-refractivity contribution in [3.63, 3.8) is 0 Å². The van der Waals surface area contributed by atoms with Gasteiger partial charge in [0, 0.05) is 37.2 Å². The van der Waals surface area contributed by atoms with Gasteiger partial charge in [0.05, 0.1) is 23.0 Å². The van der Waals surface area contributed by atoms with E-state index in [-0.39, 0.29) is 23.8 Å². The molecule has 176 valence electrons. The summed E-state index contributed by atoms with van der Waals surface area (Å²) >= 11 is 0. The number of nitrogens with one attached hydrogen (secondary N) is 2. The minimum atomic E-state index is -0.493. The van der Waals surface area contributed by atoms with Crippen LogP contribution in [0.2, 0.25) is 0 Å². The summed E-state index contributed by atoms with van der Waals surface area (Å²) in [6.07, 6.45) is 0.884. The molecule has 34 heavy (non-hydrogen) atoms. The normalized spacial score (nSPS) is 24.0. The Kier molecular flexibility index (Phi) is 5.73. The van der Waals surface area contributed by atoms with Crippen molar-refractivity contribution in [2.45, 2.75) is 38.8 Å². The molecule has 2 amide bonds. The van der Waals surface area contributed by atoms with E-state index in [1.807, 2.05) is 72.0 Å². The Morgan fingerprint density at radius 1 is 1.09 bits per heavy atom. The van der Waals surface area contributed by atoms with E-state index in [0.29, 0.717) is 18.7 Å². The maximum absolute atomic E-state index is 14.0. The predicted molar refractivity (Wildman–Crippen MR) is 131 cm³/mol. The molecule has 2 aliphatic rings. The topological polar surface area (TPSA) is 79.3 Å². The molecule has 7 heteroatoms. The molecule has 2 saturated heterocycles. The molecule has 0 bridgehead atoms. The molecule has 0 aliphatic carbocycles. The van der Waals surface area contributed by atoms with E-state index < -0.39 is 5.54 Å². The van der Waals surface area contributed by atoms with Gasteiger partial charge < -0.3 is 15.5 Å². The number of nitrogens with zero attached hydrogens (tertiary/aromatic N) is 3. The van der Waals surface area contributed by atoms with Crippen molar-refractivity contribution in [2.24, 2.45) is 5.92 Å². The standard InChI is InChI=1S/C27H31N5O2/c1-18-14-19(2)32(30-18)23-11-7-10-22(15-23)26(34)31-17-27(29-20(3)33)16-28-13-12-24(27)25(31)21-8-5-4-6-9-21/h4-11,14-15,24-25,28H,12-13,16-17H2,1-3H3,(H,29,33)/t24-,25-,27-/m1/s1. The van der Waals surface area contributed by atoms with Crippen molar-refractivity contribution < 1.29 is 9.59 Å². The van der Waals surface area contributed by atoms with Crippen LogP contribution in [-0.2, 0) is 4.79 Å². The quantitative estimate of drug-likeness (QED) is 0.631. The minimum absolute atomic E-state index is 0.0311. The molecule has 2 N–H and O–H groups in total. The van der Waals surface area contributed by atoms with Gasteiger partial charge in [0.2, 0.25) is 5.91 Å². The van der Waals surface area contributed by atoms with Gasteiger partial charge in [-0.2, -0.15) is 5.10 Å². The number of amides is 2. The van der Waals surface area contributed by atoms with Gasteiger partial charge in [-0.3, -0.25) is 9.59 Å². The first kappa shape index (κ1) is 22.3. The van der Waals surface area contributed by atoms with Crippen LogP contribution in [0.1, 0.15) is 46.7 Å². The zero-order chi connectivity index (χ0) is 23.9. The van der Waals surface area contributed by atoms with E-state index >= 15 is 0 Å². The van der Waals surface area contributed by atoms with Crippen molar-refractivity contribution in [3.05, 3.63) is 83.2 Å². The summed E-state index contributed by atoms with van der Waals surface area (Å²) in [5, 5.41) is 11.3. The maximum Gasteiger partial charge on any atom is 0.254 e. The molecule has 3 heterocycles. The second-order valence-electron chi connectivity index (χ2n) is 9.59. The second-order valence-corrected chi connectivity index (χ2v) is 9.59. The number of carbonyl (C=O) groups is 2. The van der Waals surface area contributed by atoms with Crippen LogP contribution >= 0.6 is 0 Å². The van der Waals surface area contributed by atoms with E-state index in [1.54, 1.807) is 6.92 Å². The summed E-state index contributed by atoms with van der Waals surface area (Å²) < 4.78 is 1.87. The largest absolute Gasteiger partial charge is 0.347 e. The highest BCUT2D eigenvalue weighted by molar-refractivity contribution is 5.95. The van der Waals surface area contributed by atoms with Crippen molar-refractivity contribution in [2.75, 3.05) is 19.6 Å². The van der Waals surface area contributed by atoms with Gasteiger partial charge >= 0.3 is 0 Å². The third-order valence-electron chi connectivity index (χ3n) is 7.13.